The predicted molar refractivity (Wildman–Crippen MR) is 132 cm³/mol. The number of hydrogen-bond acceptors (Lipinski definition) is 3. The highest BCUT2D eigenvalue weighted by Crippen LogP contribution is 2.24. The first-order chi connectivity index (χ1) is 15.8. The first-order valence-electron chi connectivity index (χ1n) is 10.6. The summed E-state index contributed by atoms with van der Waals surface area (Å²) in [4.78, 5) is 31.0. The number of benzene rings is 2. The third kappa shape index (κ3) is 6.79. The van der Waals surface area contributed by atoms with Gasteiger partial charge in [-0.2, -0.15) is 0 Å². The quantitative estimate of drug-likeness (QED) is 0.325. The Morgan fingerprint density at radius 3 is 2.39 bits per heavy atom. The van der Waals surface area contributed by atoms with Gasteiger partial charge in [-0.15, -0.1) is 11.3 Å². The second kappa shape index (κ2) is 11.6. The summed E-state index contributed by atoms with van der Waals surface area (Å²) < 4.78 is 13.4. The Morgan fingerprint density at radius 1 is 1.06 bits per heavy atom. The Morgan fingerprint density at radius 2 is 1.79 bits per heavy atom. The Balaban J connectivity index is 1.85. The molecule has 2 aromatic carbocycles. The molecule has 0 radical (unpaired) electrons. The number of hydrogen-bond donors (Lipinski definition) is 0. The monoisotopic (exact) mass is 506 g/mol. The van der Waals surface area contributed by atoms with Crippen LogP contribution in [0, 0.1) is 5.82 Å². The minimum absolute atomic E-state index is 0.0979. The Labute approximate surface area is 207 Å². The van der Waals surface area contributed by atoms with E-state index in [0.29, 0.717) is 30.1 Å². The molecule has 3 rings (SSSR count). The van der Waals surface area contributed by atoms with Crippen LogP contribution in [0.15, 0.2) is 60.0 Å². The molecule has 0 bridgehead atoms. The van der Waals surface area contributed by atoms with Gasteiger partial charge < -0.3 is 9.80 Å². The molecule has 0 aliphatic carbocycles. The van der Waals surface area contributed by atoms with Crippen molar-refractivity contribution in [2.24, 2.45) is 0 Å². The number of nitrogens with zero attached hydrogens (tertiary/aromatic N) is 2. The van der Waals surface area contributed by atoms with Crippen molar-refractivity contribution in [2.75, 3.05) is 6.54 Å². The van der Waals surface area contributed by atoms with Crippen molar-refractivity contribution in [3.63, 3.8) is 0 Å². The Hall–Kier alpha value is -2.41. The van der Waals surface area contributed by atoms with Crippen molar-refractivity contribution in [1.82, 2.24) is 9.80 Å². The van der Waals surface area contributed by atoms with Crippen LogP contribution < -0.4 is 0 Å². The average molecular weight is 507 g/mol. The number of rotatable bonds is 9. The third-order valence-electron chi connectivity index (χ3n) is 5.42. The number of amides is 2. The summed E-state index contributed by atoms with van der Waals surface area (Å²) >= 11 is 13.8. The molecule has 1 heterocycles. The van der Waals surface area contributed by atoms with Gasteiger partial charge in [0.25, 0.3) is 5.91 Å². The van der Waals surface area contributed by atoms with E-state index >= 15 is 0 Å². The fraction of sp³-hybridized carbons (Fsp3) is 0.280. The van der Waals surface area contributed by atoms with Crippen LogP contribution >= 0.6 is 34.5 Å². The molecule has 3 aromatic rings. The molecular formula is C25H25Cl2FN2O2S. The molecular weight excluding hydrogens is 482 g/mol. The molecule has 1 unspecified atom stereocenters. The zero-order chi connectivity index (χ0) is 24.0. The van der Waals surface area contributed by atoms with Gasteiger partial charge in [0.1, 0.15) is 12.4 Å². The third-order valence-corrected chi connectivity index (χ3v) is 6.83. The van der Waals surface area contributed by atoms with E-state index in [1.165, 1.54) is 18.2 Å². The lowest BCUT2D eigenvalue weighted by molar-refractivity contribution is -0.133. The molecule has 174 valence electrons. The van der Waals surface area contributed by atoms with Gasteiger partial charge in [-0.25, -0.2) is 4.39 Å². The second-order valence-corrected chi connectivity index (χ2v) is 9.65. The fourth-order valence-electron chi connectivity index (χ4n) is 3.34. The molecule has 1 aromatic heterocycles. The van der Waals surface area contributed by atoms with E-state index in [1.54, 1.807) is 45.4 Å². The maximum absolute atomic E-state index is 13.5. The van der Waals surface area contributed by atoms with Crippen LogP contribution in [-0.4, -0.2) is 34.2 Å². The van der Waals surface area contributed by atoms with Gasteiger partial charge in [0.05, 0.1) is 17.1 Å². The summed E-state index contributed by atoms with van der Waals surface area (Å²) in [5, 5.41) is 2.63. The molecule has 2 amide bonds. The highest BCUT2D eigenvalue weighted by atomic mass is 35.5. The Kier molecular flexibility index (Phi) is 8.89. The SMILES string of the molecule is CCC(C)N(CC(=O)N(Cc1ccc(F)cc1)Cc1cccs1)C(=O)c1ccc(Cl)cc1Cl. The predicted octanol–water partition coefficient (Wildman–Crippen LogP) is 6.66. The number of carbonyl (C=O) groups is 2. The lowest BCUT2D eigenvalue weighted by Gasteiger charge is -2.31. The molecule has 1 atom stereocenters. The number of thiophene rings is 1. The van der Waals surface area contributed by atoms with Crippen molar-refractivity contribution in [3.05, 3.63) is 91.8 Å². The van der Waals surface area contributed by atoms with Gasteiger partial charge in [0, 0.05) is 22.5 Å². The largest absolute Gasteiger partial charge is 0.332 e. The van der Waals surface area contributed by atoms with E-state index in [2.05, 4.69) is 0 Å². The first-order valence-corrected chi connectivity index (χ1v) is 12.2. The molecule has 8 heteroatoms. The number of halogens is 3. The topological polar surface area (TPSA) is 40.6 Å². The summed E-state index contributed by atoms with van der Waals surface area (Å²) in [6, 6.07) is 14.5. The van der Waals surface area contributed by atoms with Gasteiger partial charge in [-0.3, -0.25) is 9.59 Å². The Bertz CT molecular complexity index is 1090. The molecule has 33 heavy (non-hydrogen) atoms. The molecule has 0 aliphatic rings. The molecule has 0 aliphatic heterocycles. The smallest absolute Gasteiger partial charge is 0.256 e. The van der Waals surface area contributed by atoms with E-state index in [0.717, 1.165) is 10.4 Å². The fourth-order valence-corrected chi connectivity index (χ4v) is 4.55. The second-order valence-electron chi connectivity index (χ2n) is 7.77. The van der Waals surface area contributed by atoms with Crippen LogP contribution in [0.1, 0.15) is 41.1 Å². The highest BCUT2D eigenvalue weighted by Gasteiger charge is 2.27. The molecule has 0 N–H and O–H groups in total. The lowest BCUT2D eigenvalue weighted by Crippen LogP contribution is -2.46. The van der Waals surface area contributed by atoms with Gasteiger partial charge in [-0.05, 0) is 60.7 Å². The van der Waals surface area contributed by atoms with Crippen molar-refractivity contribution in [1.29, 1.82) is 0 Å². The minimum atomic E-state index is -0.330. The normalized spacial score (nSPS) is 11.8. The van der Waals surface area contributed by atoms with Crippen LogP contribution in [0.2, 0.25) is 10.0 Å². The molecule has 4 nitrogen and oxygen atoms in total. The van der Waals surface area contributed by atoms with Crippen LogP contribution in [0.3, 0.4) is 0 Å². The van der Waals surface area contributed by atoms with Gasteiger partial charge in [-0.1, -0.05) is 48.3 Å². The zero-order valence-corrected chi connectivity index (χ0v) is 20.8. The maximum atomic E-state index is 13.5. The van der Waals surface area contributed by atoms with Crippen LogP contribution in [0.4, 0.5) is 4.39 Å². The molecule has 0 saturated heterocycles. The van der Waals surface area contributed by atoms with E-state index < -0.39 is 0 Å². The standard InChI is InChI=1S/C25H25Cl2FN2O2S/c1-3-17(2)30(25(32)22-11-8-19(26)13-23(22)27)16-24(31)29(15-21-5-4-12-33-21)14-18-6-9-20(28)10-7-18/h4-13,17H,3,14-16H2,1-2H3. The molecule has 0 saturated carbocycles. The van der Waals surface area contributed by atoms with Gasteiger partial charge in [0.15, 0.2) is 0 Å². The average Bonchev–Trinajstić information content (AvgIpc) is 3.30. The summed E-state index contributed by atoms with van der Waals surface area (Å²) in [7, 11) is 0. The van der Waals surface area contributed by atoms with Crippen molar-refractivity contribution >= 4 is 46.4 Å². The zero-order valence-electron chi connectivity index (χ0n) is 18.4. The van der Waals surface area contributed by atoms with Crippen molar-refractivity contribution in [3.8, 4) is 0 Å². The van der Waals surface area contributed by atoms with Crippen molar-refractivity contribution < 1.29 is 14.0 Å². The summed E-state index contributed by atoms with van der Waals surface area (Å²) in [6.07, 6.45) is 0.674. The van der Waals surface area contributed by atoms with Crippen molar-refractivity contribution in [2.45, 2.75) is 39.4 Å². The summed E-state index contributed by atoms with van der Waals surface area (Å²) in [5.41, 5.74) is 1.11. The van der Waals surface area contributed by atoms with Gasteiger partial charge >= 0.3 is 0 Å². The first kappa shape index (κ1) is 25.2. The van der Waals surface area contributed by atoms with E-state index in [-0.39, 0.29) is 35.2 Å². The van der Waals surface area contributed by atoms with E-state index in [4.69, 9.17) is 23.2 Å². The van der Waals surface area contributed by atoms with Crippen LogP contribution in [0.25, 0.3) is 0 Å². The van der Waals surface area contributed by atoms with Gasteiger partial charge in [0.2, 0.25) is 5.91 Å². The highest BCUT2D eigenvalue weighted by molar-refractivity contribution is 7.09. The number of carbonyl (C=O) groups excluding carboxylic acids is 2. The lowest BCUT2D eigenvalue weighted by atomic mass is 10.1. The molecule has 0 spiro atoms. The maximum Gasteiger partial charge on any atom is 0.256 e. The van der Waals surface area contributed by atoms with E-state index in [9.17, 15) is 14.0 Å². The molecule has 0 fully saturated rings. The van der Waals surface area contributed by atoms with Crippen LogP contribution in [0.5, 0.6) is 0 Å². The minimum Gasteiger partial charge on any atom is -0.332 e. The summed E-state index contributed by atoms with van der Waals surface area (Å²) in [6.45, 7) is 4.47. The summed E-state index contributed by atoms with van der Waals surface area (Å²) in [5.74, 6) is -0.855. The van der Waals surface area contributed by atoms with Crippen LogP contribution in [-0.2, 0) is 17.9 Å². The van der Waals surface area contributed by atoms with E-state index in [1.807, 2.05) is 31.4 Å².